The summed E-state index contributed by atoms with van der Waals surface area (Å²) in [4.78, 5) is 38.8. The number of nitrogens with zero attached hydrogens (tertiary/aromatic N) is 1. The summed E-state index contributed by atoms with van der Waals surface area (Å²) in [7, 11) is 0. The summed E-state index contributed by atoms with van der Waals surface area (Å²) in [6, 6.07) is 15.5. The van der Waals surface area contributed by atoms with Crippen molar-refractivity contribution < 1.29 is 23.9 Å². The number of esters is 1. The molecule has 0 aromatic heterocycles. The molecule has 1 N–H and O–H groups in total. The van der Waals surface area contributed by atoms with Crippen molar-refractivity contribution in [2.75, 3.05) is 18.1 Å². The van der Waals surface area contributed by atoms with E-state index in [0.29, 0.717) is 38.5 Å². The largest absolute Gasteiger partial charge is 0.489 e. The Morgan fingerprint density at radius 2 is 1.79 bits per heavy atom. The quantitative estimate of drug-likeness (QED) is 0.539. The van der Waals surface area contributed by atoms with Gasteiger partial charge in [-0.15, -0.1) is 0 Å². The van der Waals surface area contributed by atoms with Gasteiger partial charge < -0.3 is 14.4 Å². The maximum Gasteiger partial charge on any atom is 0.309 e. The van der Waals surface area contributed by atoms with Crippen molar-refractivity contribution in [3.63, 3.8) is 0 Å². The van der Waals surface area contributed by atoms with Gasteiger partial charge in [0.25, 0.3) is 0 Å². The second-order valence-electron chi connectivity index (χ2n) is 9.35. The van der Waals surface area contributed by atoms with E-state index in [1.54, 1.807) is 0 Å². The van der Waals surface area contributed by atoms with Crippen LogP contribution >= 0.6 is 0 Å². The number of carbonyl (C=O) groups is 3. The summed E-state index contributed by atoms with van der Waals surface area (Å²) in [6.07, 6.45) is 4.24. The maximum atomic E-state index is 12.6. The third kappa shape index (κ3) is 4.65. The van der Waals surface area contributed by atoms with Crippen LogP contribution in [0.2, 0.25) is 0 Å². The molecule has 0 bridgehead atoms. The number of piperidine rings is 1. The number of fused-ring (bicyclic) bond motifs is 1. The fourth-order valence-corrected chi connectivity index (χ4v) is 5.40. The Morgan fingerprint density at radius 1 is 1.00 bits per heavy atom. The Morgan fingerprint density at radius 3 is 2.56 bits per heavy atom. The number of benzene rings is 2. The Balaban J connectivity index is 1.24. The van der Waals surface area contributed by atoms with E-state index in [1.807, 2.05) is 42.5 Å². The molecule has 1 saturated heterocycles. The Hall–Kier alpha value is -3.35. The van der Waals surface area contributed by atoms with E-state index >= 15 is 0 Å². The Bertz CT molecular complexity index is 1060. The summed E-state index contributed by atoms with van der Waals surface area (Å²) in [6.45, 7) is 1.43. The molecule has 2 amide bonds. The second-order valence-corrected chi connectivity index (χ2v) is 9.35. The predicted molar refractivity (Wildman–Crippen MR) is 126 cm³/mol. The van der Waals surface area contributed by atoms with Crippen molar-refractivity contribution in [3.05, 3.63) is 59.7 Å². The summed E-state index contributed by atoms with van der Waals surface area (Å²) in [5, 5.41) is 2.47. The minimum absolute atomic E-state index is 0.0691. The van der Waals surface area contributed by atoms with E-state index < -0.39 is 0 Å². The van der Waals surface area contributed by atoms with Crippen molar-refractivity contribution in [1.82, 2.24) is 5.32 Å². The number of carbonyl (C=O) groups excluding carboxylic acids is 3. The van der Waals surface area contributed by atoms with Crippen molar-refractivity contribution >= 4 is 23.5 Å². The van der Waals surface area contributed by atoms with Gasteiger partial charge in [0.15, 0.2) is 0 Å². The molecule has 178 valence electrons. The Kier molecular flexibility index (Phi) is 6.52. The summed E-state index contributed by atoms with van der Waals surface area (Å²) < 4.78 is 11.7. The molecule has 0 spiro atoms. The molecule has 2 fully saturated rings. The predicted octanol–water partition coefficient (Wildman–Crippen LogP) is 3.71. The topological polar surface area (TPSA) is 84.9 Å². The fourth-order valence-electron chi connectivity index (χ4n) is 5.40. The smallest absolute Gasteiger partial charge is 0.309 e. The third-order valence-corrected chi connectivity index (χ3v) is 7.22. The molecule has 7 nitrogen and oxygen atoms in total. The van der Waals surface area contributed by atoms with Crippen molar-refractivity contribution in [2.45, 2.75) is 57.1 Å². The van der Waals surface area contributed by atoms with Gasteiger partial charge in [0.2, 0.25) is 11.8 Å². The number of nitrogens with one attached hydrogen (secondary N) is 1. The third-order valence-electron chi connectivity index (χ3n) is 7.22. The van der Waals surface area contributed by atoms with E-state index in [9.17, 15) is 14.4 Å². The first-order chi connectivity index (χ1) is 16.6. The molecule has 1 saturated carbocycles. The number of amides is 2. The first-order valence-electron chi connectivity index (χ1n) is 12.2. The zero-order valence-corrected chi connectivity index (χ0v) is 19.2. The lowest BCUT2D eigenvalue weighted by Crippen LogP contribution is -2.54. The van der Waals surface area contributed by atoms with Gasteiger partial charge >= 0.3 is 5.97 Å². The lowest BCUT2D eigenvalue weighted by atomic mass is 9.78. The summed E-state index contributed by atoms with van der Waals surface area (Å²) in [5.41, 5.74) is 3.06. The molecule has 1 aliphatic carbocycles. The molecule has 7 heteroatoms. The monoisotopic (exact) mass is 462 g/mol. The van der Waals surface area contributed by atoms with E-state index in [4.69, 9.17) is 9.47 Å². The zero-order chi connectivity index (χ0) is 23.5. The van der Waals surface area contributed by atoms with Gasteiger partial charge in [-0.3, -0.25) is 19.7 Å². The van der Waals surface area contributed by atoms with Crippen LogP contribution in [-0.4, -0.2) is 37.0 Å². The molecule has 1 atom stereocenters. The molecule has 34 heavy (non-hydrogen) atoms. The number of hydrogen-bond acceptors (Lipinski definition) is 6. The van der Waals surface area contributed by atoms with Crippen LogP contribution < -0.4 is 15.0 Å². The molecular weight excluding hydrogens is 432 g/mol. The van der Waals surface area contributed by atoms with Crippen LogP contribution in [0.4, 0.5) is 5.69 Å². The van der Waals surface area contributed by atoms with Crippen LogP contribution in [0.15, 0.2) is 48.5 Å². The van der Waals surface area contributed by atoms with Crippen LogP contribution in [-0.2, 0) is 25.7 Å². The number of para-hydroxylation sites is 1. The first-order valence-corrected chi connectivity index (χ1v) is 12.2. The van der Waals surface area contributed by atoms with Crippen LogP contribution in [0.3, 0.4) is 0 Å². The molecule has 2 aromatic rings. The summed E-state index contributed by atoms with van der Waals surface area (Å²) in [5.74, 6) is 0.521. The second kappa shape index (κ2) is 9.87. The van der Waals surface area contributed by atoms with Crippen LogP contribution in [0.5, 0.6) is 5.75 Å². The molecule has 5 rings (SSSR count). The van der Waals surface area contributed by atoms with Gasteiger partial charge in [-0.1, -0.05) is 42.5 Å². The van der Waals surface area contributed by atoms with E-state index in [1.165, 1.54) is 0 Å². The lowest BCUT2D eigenvalue weighted by molar-refractivity contribution is -0.151. The molecule has 2 aliphatic heterocycles. The van der Waals surface area contributed by atoms with E-state index in [0.717, 1.165) is 48.2 Å². The first kappa shape index (κ1) is 22.4. The average molecular weight is 463 g/mol. The van der Waals surface area contributed by atoms with Crippen LogP contribution in [0.25, 0.3) is 0 Å². The van der Waals surface area contributed by atoms with Gasteiger partial charge in [0.05, 0.1) is 18.2 Å². The van der Waals surface area contributed by atoms with E-state index in [2.05, 4.69) is 16.3 Å². The van der Waals surface area contributed by atoms with Gasteiger partial charge in [0.1, 0.15) is 25.0 Å². The highest BCUT2D eigenvalue weighted by molar-refractivity contribution is 6.02. The van der Waals surface area contributed by atoms with Gasteiger partial charge in [0, 0.05) is 6.42 Å². The fraction of sp³-hybridized carbons (Fsp3) is 0.444. The highest BCUT2D eigenvalue weighted by Gasteiger charge is 2.36. The summed E-state index contributed by atoms with van der Waals surface area (Å²) >= 11 is 0. The Labute approximate surface area is 199 Å². The lowest BCUT2D eigenvalue weighted by Gasteiger charge is -2.39. The van der Waals surface area contributed by atoms with Crippen molar-refractivity contribution in [2.24, 2.45) is 5.92 Å². The SMILES string of the molecule is O=C1CCC(N2CCOc3c(C4CCC(C(=O)OCc5ccccc5)CC4)cccc32)C(=O)N1. The van der Waals surface area contributed by atoms with Gasteiger partial charge in [-0.05, 0) is 55.2 Å². The number of imide groups is 1. The highest BCUT2D eigenvalue weighted by Crippen LogP contribution is 2.45. The highest BCUT2D eigenvalue weighted by atomic mass is 16.5. The number of ether oxygens (including phenoxy) is 2. The van der Waals surface area contributed by atoms with Crippen LogP contribution in [0, 0.1) is 5.92 Å². The normalized spacial score (nSPS) is 24.6. The molecule has 2 heterocycles. The molecular formula is C27H30N2O5. The van der Waals surface area contributed by atoms with Gasteiger partial charge in [-0.25, -0.2) is 0 Å². The van der Waals surface area contributed by atoms with E-state index in [-0.39, 0.29) is 29.7 Å². The van der Waals surface area contributed by atoms with Crippen molar-refractivity contribution in [3.8, 4) is 5.75 Å². The molecule has 0 radical (unpaired) electrons. The number of rotatable bonds is 5. The zero-order valence-electron chi connectivity index (χ0n) is 19.2. The van der Waals surface area contributed by atoms with Crippen molar-refractivity contribution in [1.29, 1.82) is 0 Å². The standard InChI is InChI=1S/C27H30N2O5/c30-24-14-13-23(26(31)28-24)29-15-16-33-25-21(7-4-8-22(25)29)19-9-11-20(12-10-19)27(32)34-17-18-5-2-1-3-6-18/h1-8,19-20,23H,9-17H2,(H,28,30,31). The van der Waals surface area contributed by atoms with Crippen LogP contribution in [0.1, 0.15) is 55.6 Å². The maximum absolute atomic E-state index is 12.6. The van der Waals surface area contributed by atoms with Gasteiger partial charge in [-0.2, -0.15) is 0 Å². The molecule has 2 aromatic carbocycles. The minimum atomic E-state index is -0.356. The minimum Gasteiger partial charge on any atom is -0.489 e. The molecule has 1 unspecified atom stereocenters. The average Bonchev–Trinajstić information content (AvgIpc) is 2.87. The number of hydrogen-bond donors (Lipinski definition) is 1. The number of anilines is 1. The molecule has 3 aliphatic rings.